The summed E-state index contributed by atoms with van der Waals surface area (Å²) in [6.45, 7) is 9.65. The molecule has 0 radical (unpaired) electrons. The van der Waals surface area contributed by atoms with Gasteiger partial charge >= 0.3 is 6.03 Å². The molecule has 1 atom stereocenters. The fraction of sp³-hybridized carbons (Fsp3) is 0.727. The molecule has 154 valence electrons. The molecule has 1 N–H and O–H groups in total. The average Bonchev–Trinajstić information content (AvgIpc) is 3.40. The lowest BCUT2D eigenvalue weighted by atomic mass is 10.1. The van der Waals surface area contributed by atoms with E-state index in [4.69, 9.17) is 0 Å². The molecule has 0 bridgehead atoms. The van der Waals surface area contributed by atoms with Crippen molar-refractivity contribution in [1.29, 1.82) is 0 Å². The van der Waals surface area contributed by atoms with Gasteiger partial charge in [0.25, 0.3) is 0 Å². The Morgan fingerprint density at radius 2 is 1.93 bits per heavy atom. The molecule has 0 aromatic carbocycles. The SMILES string of the molecule is Cc1cccnc1CN1CCN(C(=O)NCC2CCN(C3CCCC3)C2)CC1. The first-order valence-electron chi connectivity index (χ1n) is 11.1. The summed E-state index contributed by atoms with van der Waals surface area (Å²) >= 11 is 0. The molecule has 1 aromatic heterocycles. The highest BCUT2D eigenvalue weighted by Crippen LogP contribution is 2.28. The van der Waals surface area contributed by atoms with Crippen LogP contribution in [-0.2, 0) is 6.54 Å². The Hall–Kier alpha value is -1.66. The van der Waals surface area contributed by atoms with Gasteiger partial charge in [0, 0.05) is 58.1 Å². The Balaban J connectivity index is 1.16. The molecule has 6 nitrogen and oxygen atoms in total. The molecule has 1 aliphatic carbocycles. The average molecular weight is 386 g/mol. The summed E-state index contributed by atoms with van der Waals surface area (Å²) in [7, 11) is 0. The van der Waals surface area contributed by atoms with Crippen LogP contribution in [0.25, 0.3) is 0 Å². The fourth-order valence-corrected chi connectivity index (χ4v) is 4.98. The second kappa shape index (κ2) is 9.23. The third-order valence-corrected chi connectivity index (χ3v) is 6.85. The number of aromatic nitrogens is 1. The van der Waals surface area contributed by atoms with Crippen LogP contribution in [0, 0.1) is 12.8 Å². The summed E-state index contributed by atoms with van der Waals surface area (Å²) in [5.74, 6) is 0.623. The van der Waals surface area contributed by atoms with E-state index in [2.05, 4.69) is 33.1 Å². The standard InChI is InChI=1S/C22H35N5O/c1-18-5-4-9-23-21(18)17-25-11-13-26(14-12-25)22(28)24-15-19-8-10-27(16-19)20-6-2-3-7-20/h4-5,9,19-20H,2-3,6-8,10-17H2,1H3,(H,24,28). The molecule has 3 fully saturated rings. The lowest BCUT2D eigenvalue weighted by molar-refractivity contribution is 0.133. The number of amides is 2. The molecule has 3 aliphatic rings. The van der Waals surface area contributed by atoms with E-state index in [9.17, 15) is 4.79 Å². The van der Waals surface area contributed by atoms with Crippen LogP contribution in [0.4, 0.5) is 4.79 Å². The van der Waals surface area contributed by atoms with E-state index >= 15 is 0 Å². The first kappa shape index (κ1) is 19.6. The largest absolute Gasteiger partial charge is 0.338 e. The van der Waals surface area contributed by atoms with Gasteiger partial charge < -0.3 is 15.1 Å². The van der Waals surface area contributed by atoms with Crippen molar-refractivity contribution in [3.05, 3.63) is 29.6 Å². The summed E-state index contributed by atoms with van der Waals surface area (Å²) < 4.78 is 0. The predicted octanol–water partition coefficient (Wildman–Crippen LogP) is 2.48. The molecular weight excluding hydrogens is 350 g/mol. The number of rotatable bonds is 5. The zero-order valence-corrected chi connectivity index (χ0v) is 17.3. The Kier molecular flexibility index (Phi) is 6.47. The third-order valence-electron chi connectivity index (χ3n) is 6.85. The van der Waals surface area contributed by atoms with E-state index in [1.54, 1.807) is 0 Å². The summed E-state index contributed by atoms with van der Waals surface area (Å²) in [6.07, 6.45) is 8.64. The minimum Gasteiger partial charge on any atom is -0.338 e. The van der Waals surface area contributed by atoms with Crippen molar-refractivity contribution in [3.8, 4) is 0 Å². The number of carbonyl (C=O) groups excluding carboxylic acids is 1. The van der Waals surface area contributed by atoms with E-state index in [1.807, 2.05) is 17.2 Å². The number of likely N-dealkylation sites (tertiary alicyclic amines) is 1. The molecule has 1 saturated carbocycles. The van der Waals surface area contributed by atoms with Crippen molar-refractivity contribution in [2.45, 2.75) is 51.6 Å². The summed E-state index contributed by atoms with van der Waals surface area (Å²) in [6, 6.07) is 5.03. The number of aryl methyl sites for hydroxylation is 1. The minimum atomic E-state index is 0.119. The molecule has 1 aromatic rings. The molecule has 0 spiro atoms. The number of hydrogen-bond acceptors (Lipinski definition) is 4. The van der Waals surface area contributed by atoms with Crippen LogP contribution in [0.5, 0.6) is 0 Å². The maximum Gasteiger partial charge on any atom is 0.317 e. The van der Waals surface area contributed by atoms with Crippen molar-refractivity contribution in [3.63, 3.8) is 0 Å². The zero-order chi connectivity index (χ0) is 19.3. The second-order valence-electron chi connectivity index (χ2n) is 8.80. The second-order valence-corrected chi connectivity index (χ2v) is 8.80. The van der Waals surface area contributed by atoms with E-state index in [1.165, 1.54) is 50.8 Å². The van der Waals surface area contributed by atoms with Gasteiger partial charge in [0.05, 0.1) is 5.69 Å². The highest BCUT2D eigenvalue weighted by molar-refractivity contribution is 5.74. The lowest BCUT2D eigenvalue weighted by Gasteiger charge is -2.35. The van der Waals surface area contributed by atoms with E-state index in [-0.39, 0.29) is 6.03 Å². The van der Waals surface area contributed by atoms with Gasteiger partial charge in [-0.25, -0.2) is 4.79 Å². The van der Waals surface area contributed by atoms with Gasteiger partial charge in [-0.05, 0) is 50.3 Å². The number of pyridine rings is 1. The molecule has 1 unspecified atom stereocenters. The lowest BCUT2D eigenvalue weighted by Crippen LogP contribution is -2.52. The van der Waals surface area contributed by atoms with Crippen LogP contribution in [-0.4, -0.2) is 77.6 Å². The van der Waals surface area contributed by atoms with Crippen molar-refractivity contribution >= 4 is 6.03 Å². The van der Waals surface area contributed by atoms with Gasteiger partial charge in [-0.2, -0.15) is 0 Å². The Bertz CT molecular complexity index is 652. The third kappa shape index (κ3) is 4.84. The van der Waals surface area contributed by atoms with Crippen molar-refractivity contribution in [1.82, 2.24) is 25.0 Å². The van der Waals surface area contributed by atoms with Crippen LogP contribution in [0.2, 0.25) is 0 Å². The highest BCUT2D eigenvalue weighted by atomic mass is 16.2. The van der Waals surface area contributed by atoms with Gasteiger partial charge in [-0.1, -0.05) is 18.9 Å². The normalized spacial score (nSPS) is 24.8. The maximum absolute atomic E-state index is 12.6. The number of hydrogen-bond donors (Lipinski definition) is 1. The topological polar surface area (TPSA) is 51.7 Å². The van der Waals surface area contributed by atoms with Crippen molar-refractivity contribution < 1.29 is 4.79 Å². The number of piperazine rings is 1. The Labute approximate surface area is 169 Å². The number of carbonyl (C=O) groups is 1. The van der Waals surface area contributed by atoms with Crippen LogP contribution < -0.4 is 5.32 Å². The fourth-order valence-electron chi connectivity index (χ4n) is 4.98. The quantitative estimate of drug-likeness (QED) is 0.846. The molecule has 3 heterocycles. The molecule has 2 aliphatic heterocycles. The summed E-state index contributed by atoms with van der Waals surface area (Å²) in [5, 5.41) is 3.21. The first-order chi connectivity index (χ1) is 13.7. The number of urea groups is 1. The monoisotopic (exact) mass is 385 g/mol. The van der Waals surface area contributed by atoms with Gasteiger partial charge in [0.15, 0.2) is 0 Å². The van der Waals surface area contributed by atoms with E-state index in [0.717, 1.165) is 51.0 Å². The van der Waals surface area contributed by atoms with Gasteiger partial charge in [-0.3, -0.25) is 9.88 Å². The predicted molar refractivity (Wildman–Crippen MR) is 111 cm³/mol. The van der Waals surface area contributed by atoms with Crippen LogP contribution in [0.1, 0.15) is 43.4 Å². The maximum atomic E-state index is 12.6. The molecule has 6 heteroatoms. The Morgan fingerprint density at radius 1 is 1.14 bits per heavy atom. The smallest absolute Gasteiger partial charge is 0.317 e. The molecule has 4 rings (SSSR count). The molecule has 2 saturated heterocycles. The van der Waals surface area contributed by atoms with Crippen molar-refractivity contribution in [2.24, 2.45) is 5.92 Å². The highest BCUT2D eigenvalue weighted by Gasteiger charge is 2.30. The summed E-state index contributed by atoms with van der Waals surface area (Å²) in [4.78, 5) is 24.1. The first-order valence-corrected chi connectivity index (χ1v) is 11.1. The zero-order valence-electron chi connectivity index (χ0n) is 17.3. The van der Waals surface area contributed by atoms with Crippen LogP contribution in [0.15, 0.2) is 18.3 Å². The van der Waals surface area contributed by atoms with Gasteiger partial charge in [-0.15, -0.1) is 0 Å². The van der Waals surface area contributed by atoms with Gasteiger partial charge in [0.1, 0.15) is 0 Å². The number of nitrogens with one attached hydrogen (secondary N) is 1. The molecule has 2 amide bonds. The molecule has 28 heavy (non-hydrogen) atoms. The van der Waals surface area contributed by atoms with E-state index < -0.39 is 0 Å². The van der Waals surface area contributed by atoms with Gasteiger partial charge in [0.2, 0.25) is 0 Å². The van der Waals surface area contributed by atoms with Crippen LogP contribution in [0.3, 0.4) is 0 Å². The Morgan fingerprint density at radius 3 is 2.68 bits per heavy atom. The van der Waals surface area contributed by atoms with Crippen LogP contribution >= 0.6 is 0 Å². The number of nitrogens with zero attached hydrogens (tertiary/aromatic N) is 4. The molecular formula is C22H35N5O. The summed E-state index contributed by atoms with van der Waals surface area (Å²) in [5.41, 5.74) is 2.39. The minimum absolute atomic E-state index is 0.119. The van der Waals surface area contributed by atoms with Crippen molar-refractivity contribution in [2.75, 3.05) is 45.8 Å². The van der Waals surface area contributed by atoms with E-state index in [0.29, 0.717) is 5.92 Å².